The molecule has 0 aliphatic carbocycles. The Hall–Kier alpha value is -3.47. The molecule has 0 bridgehead atoms. The third kappa shape index (κ3) is 7.14. The molecule has 2 aromatic rings. The molecule has 1 amide bonds. The second kappa shape index (κ2) is 11.7. The van der Waals surface area contributed by atoms with E-state index in [4.69, 9.17) is 9.47 Å². The van der Waals surface area contributed by atoms with Gasteiger partial charge in [-0.2, -0.15) is 0 Å². The highest BCUT2D eigenvalue weighted by atomic mass is 19.4. The molecule has 39 heavy (non-hydrogen) atoms. The fraction of sp³-hybridized carbons (Fsp3) is 0.500. The molecule has 1 fully saturated rings. The minimum Gasteiger partial charge on any atom is -0.496 e. The number of nitrogens with one attached hydrogen (secondary N) is 1. The number of likely N-dealkylation sites (tertiary alicyclic amines) is 1. The number of rotatable bonds is 8. The molecule has 214 valence electrons. The summed E-state index contributed by atoms with van der Waals surface area (Å²) in [5, 5.41) is 13.7. The Balaban J connectivity index is 2.11. The number of methoxy groups -OCH3 is 1. The lowest BCUT2D eigenvalue weighted by Crippen LogP contribution is -2.48. The maximum absolute atomic E-state index is 13.4. The zero-order chi connectivity index (χ0) is 29.1. The van der Waals surface area contributed by atoms with E-state index in [1.165, 1.54) is 24.1 Å². The van der Waals surface area contributed by atoms with Crippen molar-refractivity contribution in [3.63, 3.8) is 0 Å². The molecule has 2 N–H and O–H groups in total. The Morgan fingerprint density at radius 2 is 1.72 bits per heavy atom. The minimum absolute atomic E-state index is 0.0121. The average molecular weight is 553 g/mol. The molecule has 0 unspecified atom stereocenters. The molecule has 1 saturated heterocycles. The number of carbonyl (C=O) groups excluding carboxylic acids is 1. The minimum atomic E-state index is -4.87. The summed E-state index contributed by atoms with van der Waals surface area (Å²) in [6.07, 6.45) is -6.11. The lowest BCUT2D eigenvalue weighted by atomic mass is 9.72. The Bertz CT molecular complexity index is 1150. The zero-order valence-corrected chi connectivity index (χ0v) is 22.8. The molecule has 1 aliphatic heterocycles. The predicted octanol–water partition coefficient (Wildman–Crippen LogP) is 5.77. The van der Waals surface area contributed by atoms with E-state index in [9.17, 15) is 27.9 Å². The van der Waals surface area contributed by atoms with Crippen molar-refractivity contribution in [2.45, 2.75) is 71.8 Å². The highest BCUT2D eigenvalue weighted by Gasteiger charge is 2.58. The number of amides is 1. The first-order chi connectivity index (χ1) is 18.1. The van der Waals surface area contributed by atoms with Crippen LogP contribution in [0.1, 0.15) is 51.8 Å². The quantitative estimate of drug-likeness (QED) is 0.429. The van der Waals surface area contributed by atoms with Gasteiger partial charge in [-0.15, -0.1) is 13.2 Å². The average Bonchev–Trinajstić information content (AvgIpc) is 3.18. The summed E-state index contributed by atoms with van der Waals surface area (Å²) in [6.45, 7) is 9.04. The number of ether oxygens (including phenoxy) is 3. The lowest BCUT2D eigenvalue weighted by Gasteiger charge is -2.35. The van der Waals surface area contributed by atoms with E-state index in [0.29, 0.717) is 16.9 Å². The van der Waals surface area contributed by atoms with Gasteiger partial charge in [0.1, 0.15) is 17.5 Å². The number of benzene rings is 2. The molecule has 1 heterocycles. The molecule has 11 heteroatoms. The maximum atomic E-state index is 13.4. The first kappa shape index (κ1) is 30.1. The van der Waals surface area contributed by atoms with Crippen LogP contribution in [0.2, 0.25) is 0 Å². The van der Waals surface area contributed by atoms with Crippen molar-refractivity contribution in [2.75, 3.05) is 7.11 Å². The van der Waals surface area contributed by atoms with Gasteiger partial charge in [0, 0.05) is 24.1 Å². The molecule has 0 spiro atoms. The number of aliphatic carboxylic acids is 1. The largest absolute Gasteiger partial charge is 0.573 e. The highest BCUT2D eigenvalue weighted by molar-refractivity contribution is 5.82. The summed E-state index contributed by atoms with van der Waals surface area (Å²) in [6, 6.07) is 10.1. The number of hydrogen-bond acceptors (Lipinski definition) is 6. The number of hydrogen-bond donors (Lipinski definition) is 2. The van der Waals surface area contributed by atoms with Crippen LogP contribution in [0, 0.1) is 11.3 Å². The Morgan fingerprint density at radius 1 is 1.08 bits per heavy atom. The van der Waals surface area contributed by atoms with E-state index in [-0.39, 0.29) is 6.54 Å². The van der Waals surface area contributed by atoms with Crippen molar-refractivity contribution in [1.29, 1.82) is 0 Å². The monoisotopic (exact) mass is 552 g/mol. The zero-order valence-electron chi connectivity index (χ0n) is 22.8. The molecule has 3 rings (SSSR count). The van der Waals surface area contributed by atoms with Crippen molar-refractivity contribution in [3.8, 4) is 11.5 Å². The van der Waals surface area contributed by atoms with E-state index >= 15 is 0 Å². The molecule has 2 aromatic carbocycles. The van der Waals surface area contributed by atoms with E-state index in [1.807, 2.05) is 26.8 Å². The van der Waals surface area contributed by atoms with E-state index in [2.05, 4.69) is 10.1 Å². The SMILES string of the molecule is COc1ccc(OC(F)(F)F)cc1CN[C@H]1[C@H](C(C)(C)C)[C@@H](C(=O)O)N(C(=O)OC(C)C)[C@H]1c1ccccc1. The van der Waals surface area contributed by atoms with Gasteiger partial charge in [-0.05, 0) is 43.0 Å². The number of alkyl halides is 3. The van der Waals surface area contributed by atoms with Crippen LogP contribution in [0.3, 0.4) is 0 Å². The lowest BCUT2D eigenvalue weighted by molar-refractivity contribution is -0.274. The third-order valence-corrected chi connectivity index (χ3v) is 6.62. The number of nitrogens with zero attached hydrogens (tertiary/aromatic N) is 1. The Kier molecular flexibility index (Phi) is 9.05. The second-order valence-corrected chi connectivity index (χ2v) is 10.8. The summed E-state index contributed by atoms with van der Waals surface area (Å²) in [4.78, 5) is 27.4. The van der Waals surface area contributed by atoms with Gasteiger partial charge in [-0.25, -0.2) is 9.59 Å². The fourth-order valence-electron chi connectivity index (χ4n) is 5.26. The van der Waals surface area contributed by atoms with Crippen LogP contribution in [0.5, 0.6) is 11.5 Å². The summed E-state index contributed by atoms with van der Waals surface area (Å²) in [5.41, 5.74) is 0.454. The Labute approximate surface area is 226 Å². The van der Waals surface area contributed by atoms with Gasteiger partial charge in [-0.3, -0.25) is 4.90 Å². The van der Waals surface area contributed by atoms with Crippen LogP contribution in [-0.2, 0) is 16.1 Å². The van der Waals surface area contributed by atoms with Crippen molar-refractivity contribution >= 4 is 12.1 Å². The summed E-state index contributed by atoms with van der Waals surface area (Å²) in [7, 11) is 1.40. The van der Waals surface area contributed by atoms with Crippen molar-refractivity contribution in [3.05, 3.63) is 59.7 Å². The fourth-order valence-corrected chi connectivity index (χ4v) is 5.26. The van der Waals surface area contributed by atoms with Crippen LogP contribution in [-0.4, -0.2) is 53.7 Å². The molecule has 4 atom stereocenters. The van der Waals surface area contributed by atoms with Crippen molar-refractivity contribution in [2.24, 2.45) is 11.3 Å². The van der Waals surface area contributed by atoms with Crippen LogP contribution < -0.4 is 14.8 Å². The first-order valence-corrected chi connectivity index (χ1v) is 12.6. The molecule has 0 radical (unpaired) electrons. The topological polar surface area (TPSA) is 97.3 Å². The second-order valence-electron chi connectivity index (χ2n) is 10.8. The van der Waals surface area contributed by atoms with Gasteiger partial charge in [0.05, 0.1) is 19.3 Å². The van der Waals surface area contributed by atoms with Gasteiger partial charge < -0.3 is 24.6 Å². The van der Waals surface area contributed by atoms with Gasteiger partial charge in [0.2, 0.25) is 0 Å². The van der Waals surface area contributed by atoms with Gasteiger partial charge >= 0.3 is 18.4 Å². The van der Waals surface area contributed by atoms with Crippen molar-refractivity contribution in [1.82, 2.24) is 10.2 Å². The van der Waals surface area contributed by atoms with Crippen LogP contribution >= 0.6 is 0 Å². The maximum Gasteiger partial charge on any atom is 0.573 e. The molecular formula is C28H35F3N2O6. The Morgan fingerprint density at radius 3 is 2.23 bits per heavy atom. The molecular weight excluding hydrogens is 517 g/mol. The molecule has 8 nitrogen and oxygen atoms in total. The van der Waals surface area contributed by atoms with E-state index in [1.54, 1.807) is 38.1 Å². The third-order valence-electron chi connectivity index (χ3n) is 6.62. The smallest absolute Gasteiger partial charge is 0.496 e. The number of halogens is 3. The van der Waals surface area contributed by atoms with Gasteiger partial charge in [0.15, 0.2) is 0 Å². The normalized spacial score (nSPS) is 21.6. The van der Waals surface area contributed by atoms with E-state index in [0.717, 1.165) is 6.07 Å². The molecule has 0 saturated carbocycles. The van der Waals surface area contributed by atoms with Gasteiger partial charge in [0.25, 0.3) is 0 Å². The molecule has 1 aliphatic rings. The van der Waals surface area contributed by atoms with Crippen LogP contribution in [0.25, 0.3) is 0 Å². The summed E-state index contributed by atoms with van der Waals surface area (Å²) >= 11 is 0. The number of carboxylic acids is 1. The number of carbonyl (C=O) groups is 2. The summed E-state index contributed by atoms with van der Waals surface area (Å²) < 4.78 is 53.5. The van der Waals surface area contributed by atoms with Crippen molar-refractivity contribution < 1.29 is 42.1 Å². The standard InChI is InChI=1S/C28H35F3N2O6/c1-16(2)38-26(36)33-23(17-10-8-7-9-11-17)22(21(27(3,4)5)24(33)25(34)35)32-15-18-14-19(39-28(29,30)31)12-13-20(18)37-6/h7-14,16,21-24,32H,15H2,1-6H3,(H,34,35)/t21-,22-,23-,24-/m0/s1. The van der Waals surface area contributed by atoms with Gasteiger partial charge in [-0.1, -0.05) is 51.1 Å². The highest BCUT2D eigenvalue weighted by Crippen LogP contribution is 2.48. The summed E-state index contributed by atoms with van der Waals surface area (Å²) in [5.74, 6) is -1.88. The van der Waals surface area contributed by atoms with E-state index < -0.39 is 59.7 Å². The first-order valence-electron chi connectivity index (χ1n) is 12.6. The van der Waals surface area contributed by atoms with Crippen LogP contribution in [0.15, 0.2) is 48.5 Å². The predicted molar refractivity (Wildman–Crippen MR) is 137 cm³/mol. The molecule has 0 aromatic heterocycles. The van der Waals surface area contributed by atoms with Crippen LogP contribution in [0.4, 0.5) is 18.0 Å². The number of carboxylic acid groups (broad SMARTS) is 1.